The average Bonchev–Trinajstić information content (AvgIpc) is 2.90. The van der Waals surface area contributed by atoms with E-state index >= 15 is 0 Å². The number of anilines is 1. The van der Waals surface area contributed by atoms with Gasteiger partial charge in [0.05, 0.1) is 18.3 Å². The number of fused-ring (bicyclic) bond motifs is 1. The first-order valence-electron chi connectivity index (χ1n) is 7.19. The topological polar surface area (TPSA) is 63.4 Å². The first-order chi connectivity index (χ1) is 10.2. The lowest BCUT2D eigenvalue weighted by Gasteiger charge is -2.21. The van der Waals surface area contributed by atoms with Crippen LogP contribution in [0.4, 0.5) is 10.4 Å². The standard InChI is InChI=1S/C15H19FN2O3S/c1-9-4-10(2)14-13(5-9)17-15(21-14)18-7-11(16)6-12(18)8-22(3,19)20/h4-5,11-12H,6-8H2,1-3H3/t11-,12-/m0/s1. The minimum Gasteiger partial charge on any atom is -0.423 e. The second-order valence-corrected chi connectivity index (χ2v) is 8.34. The number of hydrogen-bond acceptors (Lipinski definition) is 5. The summed E-state index contributed by atoms with van der Waals surface area (Å²) in [4.78, 5) is 6.07. The van der Waals surface area contributed by atoms with Crippen molar-refractivity contribution in [3.05, 3.63) is 23.3 Å². The lowest BCUT2D eigenvalue weighted by atomic mass is 10.1. The Hall–Kier alpha value is -1.63. The molecule has 1 aromatic heterocycles. The van der Waals surface area contributed by atoms with Crippen LogP contribution in [0, 0.1) is 13.8 Å². The molecule has 0 saturated carbocycles. The molecule has 3 rings (SSSR count). The molecule has 1 aliphatic rings. The van der Waals surface area contributed by atoms with Crippen molar-refractivity contribution in [1.29, 1.82) is 0 Å². The average molecular weight is 326 g/mol. The summed E-state index contributed by atoms with van der Waals surface area (Å²) in [7, 11) is -3.19. The van der Waals surface area contributed by atoms with E-state index in [0.29, 0.717) is 17.1 Å². The van der Waals surface area contributed by atoms with Crippen molar-refractivity contribution in [2.45, 2.75) is 32.5 Å². The highest BCUT2D eigenvalue weighted by Crippen LogP contribution is 2.31. The lowest BCUT2D eigenvalue weighted by Crippen LogP contribution is -2.35. The van der Waals surface area contributed by atoms with Crippen molar-refractivity contribution in [3.63, 3.8) is 0 Å². The Balaban J connectivity index is 2.00. The Bertz CT molecular complexity index is 816. The van der Waals surface area contributed by atoms with Crippen LogP contribution in [0.25, 0.3) is 11.1 Å². The molecule has 2 heterocycles. The SMILES string of the molecule is Cc1cc(C)c2oc(N3C[C@@H](F)C[C@H]3CS(C)(=O)=O)nc2c1. The maximum atomic E-state index is 13.8. The van der Waals surface area contributed by atoms with Crippen molar-refractivity contribution >= 4 is 27.0 Å². The number of oxazole rings is 1. The molecule has 2 atom stereocenters. The van der Waals surface area contributed by atoms with Gasteiger partial charge in [-0.2, -0.15) is 4.98 Å². The molecular formula is C15H19FN2O3S. The van der Waals surface area contributed by atoms with Gasteiger partial charge in [-0.05, 0) is 31.0 Å². The zero-order valence-corrected chi connectivity index (χ0v) is 13.7. The molecule has 0 N–H and O–H groups in total. The summed E-state index contributed by atoms with van der Waals surface area (Å²) >= 11 is 0. The number of aryl methyl sites for hydroxylation is 2. The maximum absolute atomic E-state index is 13.8. The van der Waals surface area contributed by atoms with Crippen LogP contribution in [0.2, 0.25) is 0 Å². The van der Waals surface area contributed by atoms with Crippen LogP contribution in [-0.4, -0.2) is 44.2 Å². The summed E-state index contributed by atoms with van der Waals surface area (Å²) in [5, 5.41) is 0. The Morgan fingerprint density at radius 1 is 1.41 bits per heavy atom. The highest BCUT2D eigenvalue weighted by atomic mass is 32.2. The van der Waals surface area contributed by atoms with Crippen LogP contribution in [0.5, 0.6) is 0 Å². The van der Waals surface area contributed by atoms with E-state index in [2.05, 4.69) is 4.98 Å². The summed E-state index contributed by atoms with van der Waals surface area (Å²) in [6.07, 6.45) is 0.282. The number of alkyl halides is 1. The van der Waals surface area contributed by atoms with E-state index in [9.17, 15) is 12.8 Å². The van der Waals surface area contributed by atoms with E-state index in [1.165, 1.54) is 0 Å². The fourth-order valence-electron chi connectivity index (χ4n) is 3.09. The molecule has 2 aromatic rings. The van der Waals surface area contributed by atoms with Gasteiger partial charge < -0.3 is 9.32 Å². The smallest absolute Gasteiger partial charge is 0.298 e. The predicted octanol–water partition coefficient (Wildman–Crippen LogP) is 2.41. The van der Waals surface area contributed by atoms with Gasteiger partial charge in [0.25, 0.3) is 6.01 Å². The van der Waals surface area contributed by atoms with Crippen molar-refractivity contribution in [1.82, 2.24) is 4.98 Å². The third kappa shape index (κ3) is 2.95. The first kappa shape index (κ1) is 15.3. The van der Waals surface area contributed by atoms with Crippen LogP contribution >= 0.6 is 0 Å². The van der Waals surface area contributed by atoms with Gasteiger partial charge in [0.15, 0.2) is 5.58 Å². The van der Waals surface area contributed by atoms with E-state index in [1.807, 2.05) is 26.0 Å². The van der Waals surface area contributed by atoms with E-state index in [4.69, 9.17) is 4.42 Å². The zero-order valence-electron chi connectivity index (χ0n) is 12.8. The zero-order chi connectivity index (χ0) is 16.1. The van der Waals surface area contributed by atoms with E-state index in [-0.39, 0.29) is 18.7 Å². The number of benzene rings is 1. The Labute approximate surface area is 129 Å². The maximum Gasteiger partial charge on any atom is 0.298 e. The van der Waals surface area contributed by atoms with E-state index in [1.54, 1.807) is 4.90 Å². The molecule has 1 saturated heterocycles. The number of aromatic nitrogens is 1. The molecule has 7 heteroatoms. The number of hydrogen-bond donors (Lipinski definition) is 0. The van der Waals surface area contributed by atoms with Gasteiger partial charge in [0, 0.05) is 12.7 Å². The van der Waals surface area contributed by atoms with Crippen molar-refractivity contribution in [2.75, 3.05) is 23.5 Å². The van der Waals surface area contributed by atoms with Gasteiger partial charge in [-0.15, -0.1) is 0 Å². The molecule has 0 amide bonds. The number of nitrogens with zero attached hydrogens (tertiary/aromatic N) is 2. The van der Waals surface area contributed by atoms with Gasteiger partial charge in [-0.25, -0.2) is 12.8 Å². The lowest BCUT2D eigenvalue weighted by molar-refractivity contribution is 0.357. The molecule has 1 aromatic carbocycles. The third-order valence-electron chi connectivity index (χ3n) is 3.91. The van der Waals surface area contributed by atoms with E-state index < -0.39 is 22.1 Å². The minimum absolute atomic E-state index is 0.0931. The molecule has 0 spiro atoms. The van der Waals surface area contributed by atoms with Gasteiger partial charge >= 0.3 is 0 Å². The Morgan fingerprint density at radius 2 is 2.14 bits per heavy atom. The summed E-state index contributed by atoms with van der Waals surface area (Å²) in [6.45, 7) is 4.02. The monoisotopic (exact) mass is 326 g/mol. The molecule has 1 aliphatic heterocycles. The molecule has 1 fully saturated rings. The molecule has 0 radical (unpaired) electrons. The summed E-state index contributed by atoms with van der Waals surface area (Å²) in [6, 6.07) is 3.77. The van der Waals surface area contributed by atoms with Crippen molar-refractivity contribution < 1.29 is 17.2 Å². The largest absolute Gasteiger partial charge is 0.423 e. The second kappa shape index (κ2) is 5.22. The summed E-state index contributed by atoms with van der Waals surface area (Å²) < 4.78 is 42.6. The highest BCUT2D eigenvalue weighted by Gasteiger charge is 2.37. The number of sulfone groups is 1. The van der Waals surface area contributed by atoms with Crippen molar-refractivity contribution in [2.24, 2.45) is 0 Å². The molecule has 5 nitrogen and oxygen atoms in total. The summed E-state index contributed by atoms with van der Waals surface area (Å²) in [5.74, 6) is -0.0931. The molecule has 0 aliphatic carbocycles. The fraction of sp³-hybridized carbons (Fsp3) is 0.533. The van der Waals surface area contributed by atoms with Crippen LogP contribution in [0.15, 0.2) is 16.5 Å². The fourth-order valence-corrected chi connectivity index (χ4v) is 4.10. The molecule has 22 heavy (non-hydrogen) atoms. The van der Waals surface area contributed by atoms with Crippen LogP contribution < -0.4 is 4.90 Å². The normalized spacial score (nSPS) is 22.6. The summed E-state index contributed by atoms with van der Waals surface area (Å²) in [5.41, 5.74) is 3.42. The van der Waals surface area contributed by atoms with Gasteiger partial charge in [-0.1, -0.05) is 6.07 Å². The Kier molecular flexibility index (Phi) is 3.63. The van der Waals surface area contributed by atoms with Gasteiger partial charge in [-0.3, -0.25) is 0 Å². The quantitative estimate of drug-likeness (QED) is 0.867. The molecular weight excluding hydrogens is 307 g/mol. The third-order valence-corrected chi connectivity index (χ3v) is 4.90. The number of halogens is 1. The highest BCUT2D eigenvalue weighted by molar-refractivity contribution is 7.90. The Morgan fingerprint density at radius 3 is 2.82 bits per heavy atom. The van der Waals surface area contributed by atoms with Crippen molar-refractivity contribution in [3.8, 4) is 0 Å². The van der Waals surface area contributed by atoms with Crippen LogP contribution in [-0.2, 0) is 9.84 Å². The van der Waals surface area contributed by atoms with Crippen LogP contribution in [0.1, 0.15) is 17.5 Å². The minimum atomic E-state index is -3.19. The molecule has 120 valence electrons. The van der Waals surface area contributed by atoms with Gasteiger partial charge in [0.1, 0.15) is 21.5 Å². The predicted molar refractivity (Wildman–Crippen MR) is 83.8 cm³/mol. The van der Waals surface area contributed by atoms with E-state index in [0.717, 1.165) is 17.4 Å². The first-order valence-corrected chi connectivity index (χ1v) is 9.25. The second-order valence-electron chi connectivity index (χ2n) is 6.16. The van der Waals surface area contributed by atoms with Crippen LogP contribution in [0.3, 0.4) is 0 Å². The van der Waals surface area contributed by atoms with Gasteiger partial charge in [0.2, 0.25) is 0 Å². The number of rotatable bonds is 3. The molecule has 0 bridgehead atoms. The molecule has 0 unspecified atom stereocenters.